The van der Waals surface area contributed by atoms with E-state index in [2.05, 4.69) is 22.6 Å². The van der Waals surface area contributed by atoms with Gasteiger partial charge in [0.25, 0.3) is 5.91 Å². The molecule has 0 spiro atoms. The number of aromatic nitrogens is 1. The summed E-state index contributed by atoms with van der Waals surface area (Å²) in [6.45, 7) is -0.291. The fourth-order valence-electron chi connectivity index (χ4n) is 2.81. The van der Waals surface area contributed by atoms with Gasteiger partial charge in [0, 0.05) is 12.6 Å². The maximum absolute atomic E-state index is 11.8. The first-order valence-electron chi connectivity index (χ1n) is 8.43. The number of carbonyl (C=O) groups is 1. The van der Waals surface area contributed by atoms with Crippen LogP contribution < -0.4 is 10.1 Å². The first-order valence-corrected chi connectivity index (χ1v) is 8.43. The normalized spacial score (nSPS) is 14.6. The number of carbonyl (C=O) groups excluding carboxylic acids is 1. The number of rotatable bonds is 7. The second-order valence-electron chi connectivity index (χ2n) is 6.15. The van der Waals surface area contributed by atoms with Crippen molar-refractivity contribution in [3.8, 4) is 5.75 Å². The summed E-state index contributed by atoms with van der Waals surface area (Å²) in [6, 6.07) is 7.62. The molecule has 25 heavy (non-hydrogen) atoms. The molecule has 3 rings (SSSR count). The first kappa shape index (κ1) is 17.4. The van der Waals surface area contributed by atoms with Crippen molar-refractivity contribution >= 4 is 5.91 Å². The molecular formula is C18H22N2O5. The number of aliphatic hydroxyl groups excluding tert-OH is 2. The van der Waals surface area contributed by atoms with E-state index in [-0.39, 0.29) is 18.8 Å². The molecule has 0 fully saturated rings. The minimum atomic E-state index is -0.998. The second kappa shape index (κ2) is 8.13. The van der Waals surface area contributed by atoms with Gasteiger partial charge in [-0.15, -0.1) is 0 Å². The van der Waals surface area contributed by atoms with Crippen LogP contribution in [0.25, 0.3) is 0 Å². The average molecular weight is 346 g/mol. The summed E-state index contributed by atoms with van der Waals surface area (Å²) in [6.07, 6.45) is 3.66. The lowest BCUT2D eigenvalue weighted by Crippen LogP contribution is -2.34. The Labute approximate surface area is 145 Å². The number of fused-ring (bicyclic) bond motifs is 1. The van der Waals surface area contributed by atoms with Crippen molar-refractivity contribution in [3.63, 3.8) is 0 Å². The highest BCUT2D eigenvalue weighted by atomic mass is 16.5. The van der Waals surface area contributed by atoms with Crippen molar-refractivity contribution < 1.29 is 24.3 Å². The lowest BCUT2D eigenvalue weighted by molar-refractivity contribution is 0.0796. The number of hydrogen-bond acceptors (Lipinski definition) is 6. The standard InChI is InChI=1S/C18H22N2O5/c21-10-14(22)9-19-18(23)17-8-16(25-20-17)11-24-15-6-5-12-3-1-2-4-13(12)7-15/h5-8,14,21-22H,1-4,9-11H2,(H,19,23)/t14-/m0/s1. The molecule has 1 amide bonds. The minimum Gasteiger partial charge on any atom is -0.486 e. The number of nitrogens with zero attached hydrogens (tertiary/aromatic N) is 1. The van der Waals surface area contributed by atoms with Crippen LogP contribution >= 0.6 is 0 Å². The molecule has 7 nitrogen and oxygen atoms in total. The molecule has 7 heteroatoms. The molecular weight excluding hydrogens is 324 g/mol. The highest BCUT2D eigenvalue weighted by Crippen LogP contribution is 2.25. The predicted octanol–water partition coefficient (Wildman–Crippen LogP) is 1.22. The lowest BCUT2D eigenvalue weighted by atomic mass is 9.92. The predicted molar refractivity (Wildman–Crippen MR) is 89.3 cm³/mol. The summed E-state index contributed by atoms with van der Waals surface area (Å²) in [4.78, 5) is 11.8. The van der Waals surface area contributed by atoms with E-state index >= 15 is 0 Å². The number of ether oxygens (including phenoxy) is 1. The van der Waals surface area contributed by atoms with Crippen molar-refractivity contribution in [1.82, 2.24) is 10.5 Å². The Morgan fingerprint density at radius 3 is 2.88 bits per heavy atom. The minimum absolute atomic E-state index is 0.0524. The number of nitrogens with one attached hydrogen (secondary N) is 1. The lowest BCUT2D eigenvalue weighted by Gasteiger charge is -2.16. The molecule has 1 aliphatic rings. The zero-order valence-electron chi connectivity index (χ0n) is 13.9. The van der Waals surface area contributed by atoms with Crippen LogP contribution in [0, 0.1) is 0 Å². The van der Waals surface area contributed by atoms with Gasteiger partial charge in [-0.25, -0.2) is 0 Å². The number of aryl methyl sites for hydroxylation is 2. The monoisotopic (exact) mass is 346 g/mol. The van der Waals surface area contributed by atoms with Crippen LogP contribution in [0.5, 0.6) is 5.75 Å². The van der Waals surface area contributed by atoms with E-state index in [1.807, 2.05) is 6.07 Å². The Hall–Kier alpha value is -2.38. The van der Waals surface area contributed by atoms with Crippen LogP contribution in [0.3, 0.4) is 0 Å². The van der Waals surface area contributed by atoms with E-state index < -0.39 is 18.6 Å². The van der Waals surface area contributed by atoms with E-state index in [0.717, 1.165) is 18.6 Å². The number of hydrogen-bond donors (Lipinski definition) is 3. The summed E-state index contributed by atoms with van der Waals surface area (Å²) < 4.78 is 10.8. The van der Waals surface area contributed by atoms with E-state index in [9.17, 15) is 9.90 Å². The molecule has 0 saturated carbocycles. The van der Waals surface area contributed by atoms with E-state index in [1.165, 1.54) is 30.0 Å². The molecule has 0 aliphatic heterocycles. The third kappa shape index (κ3) is 4.58. The average Bonchev–Trinajstić information content (AvgIpc) is 3.13. The van der Waals surface area contributed by atoms with Gasteiger partial charge in [0.2, 0.25) is 0 Å². The third-order valence-corrected chi connectivity index (χ3v) is 4.20. The third-order valence-electron chi connectivity index (χ3n) is 4.20. The molecule has 1 aliphatic carbocycles. The quantitative estimate of drug-likeness (QED) is 0.696. The smallest absolute Gasteiger partial charge is 0.273 e. The topological polar surface area (TPSA) is 105 Å². The van der Waals surface area contributed by atoms with E-state index in [0.29, 0.717) is 5.76 Å². The molecule has 0 bridgehead atoms. The largest absolute Gasteiger partial charge is 0.486 e. The summed E-state index contributed by atoms with van der Waals surface area (Å²) in [5.41, 5.74) is 2.83. The summed E-state index contributed by atoms with van der Waals surface area (Å²) in [7, 11) is 0. The van der Waals surface area contributed by atoms with Crippen LogP contribution in [-0.2, 0) is 19.4 Å². The van der Waals surface area contributed by atoms with Crippen LogP contribution in [0.15, 0.2) is 28.8 Å². The van der Waals surface area contributed by atoms with Gasteiger partial charge in [-0.1, -0.05) is 11.2 Å². The van der Waals surface area contributed by atoms with Crippen LogP contribution in [0.1, 0.15) is 40.2 Å². The van der Waals surface area contributed by atoms with Gasteiger partial charge in [0.1, 0.15) is 12.4 Å². The Morgan fingerprint density at radius 2 is 2.08 bits per heavy atom. The van der Waals surface area contributed by atoms with Gasteiger partial charge in [-0.2, -0.15) is 0 Å². The summed E-state index contributed by atoms with van der Waals surface area (Å²) in [5, 5.41) is 24.1. The van der Waals surface area contributed by atoms with Gasteiger partial charge in [-0.3, -0.25) is 4.79 Å². The number of benzene rings is 1. The molecule has 1 atom stereocenters. The molecule has 3 N–H and O–H groups in total. The van der Waals surface area contributed by atoms with Gasteiger partial charge in [0.15, 0.2) is 11.5 Å². The van der Waals surface area contributed by atoms with Crippen molar-refractivity contribution in [2.45, 2.75) is 38.4 Å². The van der Waals surface area contributed by atoms with Crippen LogP contribution in [0.4, 0.5) is 0 Å². The van der Waals surface area contributed by atoms with Crippen molar-refractivity contribution in [1.29, 1.82) is 0 Å². The Bertz CT molecular complexity index is 728. The molecule has 134 valence electrons. The fourth-order valence-corrected chi connectivity index (χ4v) is 2.81. The summed E-state index contributed by atoms with van der Waals surface area (Å²) in [5.74, 6) is 0.732. The first-order chi connectivity index (χ1) is 12.2. The van der Waals surface area contributed by atoms with E-state index in [4.69, 9.17) is 14.4 Å². The summed E-state index contributed by atoms with van der Waals surface area (Å²) >= 11 is 0. The zero-order valence-corrected chi connectivity index (χ0v) is 13.9. The molecule has 1 aromatic heterocycles. The van der Waals surface area contributed by atoms with Gasteiger partial charge in [-0.05, 0) is 48.9 Å². The Kier molecular flexibility index (Phi) is 5.67. The van der Waals surface area contributed by atoms with E-state index in [1.54, 1.807) is 0 Å². The number of amides is 1. The zero-order chi connectivity index (χ0) is 17.6. The molecule has 2 aromatic rings. The maximum atomic E-state index is 11.8. The highest BCUT2D eigenvalue weighted by Gasteiger charge is 2.15. The Balaban J connectivity index is 1.54. The van der Waals surface area contributed by atoms with Crippen LogP contribution in [0.2, 0.25) is 0 Å². The fraction of sp³-hybridized carbons (Fsp3) is 0.444. The SMILES string of the molecule is O=C(NC[C@H](O)CO)c1cc(COc2ccc3c(c2)CCCC3)on1. The van der Waals surface area contributed by atoms with Gasteiger partial charge < -0.3 is 24.8 Å². The number of aliphatic hydroxyl groups is 2. The maximum Gasteiger partial charge on any atom is 0.273 e. The molecule has 1 heterocycles. The van der Waals surface area contributed by atoms with Gasteiger partial charge >= 0.3 is 0 Å². The van der Waals surface area contributed by atoms with Crippen LogP contribution in [-0.4, -0.2) is 40.5 Å². The molecule has 0 unspecified atom stereocenters. The van der Waals surface area contributed by atoms with Crippen molar-refractivity contribution in [3.05, 3.63) is 46.8 Å². The molecule has 1 aromatic carbocycles. The second-order valence-corrected chi connectivity index (χ2v) is 6.15. The Morgan fingerprint density at radius 1 is 1.28 bits per heavy atom. The highest BCUT2D eigenvalue weighted by molar-refractivity contribution is 5.92. The van der Waals surface area contributed by atoms with Gasteiger partial charge in [0.05, 0.1) is 12.7 Å². The molecule has 0 radical (unpaired) electrons. The van der Waals surface area contributed by atoms with Crippen molar-refractivity contribution in [2.24, 2.45) is 0 Å². The van der Waals surface area contributed by atoms with Crippen molar-refractivity contribution in [2.75, 3.05) is 13.2 Å². The molecule has 0 saturated heterocycles.